The summed E-state index contributed by atoms with van der Waals surface area (Å²) in [5.74, 6) is -0.499. The molecular formula is C18H19NO5S. The van der Waals surface area contributed by atoms with E-state index in [4.69, 9.17) is 4.74 Å². The lowest BCUT2D eigenvalue weighted by Crippen LogP contribution is -2.32. The zero-order valence-electron chi connectivity index (χ0n) is 14.0. The van der Waals surface area contributed by atoms with Crippen LogP contribution in [0.2, 0.25) is 0 Å². The number of carbonyl (C=O) groups is 2. The Kier molecular flexibility index (Phi) is 6.06. The number of aryl methyl sites for hydroxylation is 1. The number of ketones is 1. The van der Waals surface area contributed by atoms with E-state index in [1.807, 2.05) is 13.0 Å². The number of benzene rings is 2. The maximum absolute atomic E-state index is 12.2. The van der Waals surface area contributed by atoms with Gasteiger partial charge in [-0.05, 0) is 43.2 Å². The van der Waals surface area contributed by atoms with Gasteiger partial charge in [0.2, 0.25) is 10.0 Å². The fraction of sp³-hybridized carbons (Fsp3) is 0.222. The van der Waals surface area contributed by atoms with Crippen molar-refractivity contribution in [1.29, 1.82) is 0 Å². The molecule has 0 radical (unpaired) electrons. The Morgan fingerprint density at radius 2 is 1.76 bits per heavy atom. The molecular weight excluding hydrogens is 342 g/mol. The van der Waals surface area contributed by atoms with E-state index in [0.29, 0.717) is 11.3 Å². The second-order valence-corrected chi connectivity index (χ2v) is 7.15. The van der Waals surface area contributed by atoms with Crippen LogP contribution in [-0.2, 0) is 21.2 Å². The van der Waals surface area contributed by atoms with Crippen LogP contribution < -0.4 is 9.46 Å². The van der Waals surface area contributed by atoms with Gasteiger partial charge in [-0.2, -0.15) is 4.72 Å². The average molecular weight is 361 g/mol. The molecule has 1 N–H and O–H groups in total. The molecule has 2 aromatic carbocycles. The fourth-order valence-electron chi connectivity index (χ4n) is 2.10. The molecule has 6 nitrogen and oxygen atoms in total. The van der Waals surface area contributed by atoms with Crippen molar-refractivity contribution >= 4 is 21.8 Å². The summed E-state index contributed by atoms with van der Waals surface area (Å²) < 4.78 is 31.6. The number of sulfonamides is 1. The lowest BCUT2D eigenvalue weighted by Gasteiger charge is -2.08. The van der Waals surface area contributed by atoms with Gasteiger partial charge in [0.25, 0.3) is 0 Å². The highest BCUT2D eigenvalue weighted by Crippen LogP contribution is 2.14. The number of hydrogen-bond donors (Lipinski definition) is 1. The van der Waals surface area contributed by atoms with Crippen molar-refractivity contribution in [3.05, 3.63) is 59.7 Å². The van der Waals surface area contributed by atoms with Gasteiger partial charge in [0, 0.05) is 5.56 Å². The smallest absolute Gasteiger partial charge is 0.326 e. The maximum Gasteiger partial charge on any atom is 0.326 e. The van der Waals surface area contributed by atoms with E-state index in [1.54, 1.807) is 18.2 Å². The van der Waals surface area contributed by atoms with Crippen LogP contribution in [0.15, 0.2) is 53.4 Å². The number of esters is 1. The van der Waals surface area contributed by atoms with E-state index in [1.165, 1.54) is 31.2 Å². The Bertz CT molecular complexity index is 873. The highest BCUT2D eigenvalue weighted by molar-refractivity contribution is 7.89. The summed E-state index contributed by atoms with van der Waals surface area (Å²) in [6, 6.07) is 12.5. The second-order valence-electron chi connectivity index (χ2n) is 5.38. The summed E-state index contributed by atoms with van der Waals surface area (Å²) in [5.41, 5.74) is 1.42. The lowest BCUT2D eigenvalue weighted by molar-refractivity contribution is -0.133. The van der Waals surface area contributed by atoms with Crippen LogP contribution in [0.1, 0.15) is 29.8 Å². The highest BCUT2D eigenvalue weighted by Gasteiger charge is 2.16. The first kappa shape index (κ1) is 18.8. The lowest BCUT2D eigenvalue weighted by atomic mass is 10.2. The van der Waals surface area contributed by atoms with Gasteiger partial charge in [-0.15, -0.1) is 0 Å². The Morgan fingerprint density at radius 1 is 1.08 bits per heavy atom. The third-order valence-corrected chi connectivity index (χ3v) is 4.93. The summed E-state index contributed by atoms with van der Waals surface area (Å²) in [4.78, 5) is 23.0. The van der Waals surface area contributed by atoms with E-state index in [9.17, 15) is 18.0 Å². The third-order valence-electron chi connectivity index (χ3n) is 3.52. The van der Waals surface area contributed by atoms with Crippen molar-refractivity contribution in [2.45, 2.75) is 25.2 Å². The summed E-state index contributed by atoms with van der Waals surface area (Å²) >= 11 is 0. The standard InChI is InChI=1S/C18H19NO5S/c1-3-14-5-4-6-16(11-14)24-18(21)12-19-25(22,23)17-9-7-15(8-10-17)13(2)20/h4-11,19H,3,12H2,1-2H3. The van der Waals surface area contributed by atoms with E-state index in [0.717, 1.165) is 12.0 Å². The molecule has 0 aliphatic rings. The molecule has 132 valence electrons. The topological polar surface area (TPSA) is 89.5 Å². The first-order valence-corrected chi connectivity index (χ1v) is 9.20. The Labute approximate surface area is 146 Å². The second kappa shape index (κ2) is 8.04. The van der Waals surface area contributed by atoms with Crippen molar-refractivity contribution < 1.29 is 22.7 Å². The van der Waals surface area contributed by atoms with Crippen LogP contribution in [0.3, 0.4) is 0 Å². The number of Topliss-reactive ketones (excluding diaryl/α,β-unsaturated/α-hetero) is 1. The van der Waals surface area contributed by atoms with Crippen LogP contribution in [0.4, 0.5) is 0 Å². The minimum Gasteiger partial charge on any atom is -0.426 e. The third kappa shape index (κ3) is 5.23. The van der Waals surface area contributed by atoms with Gasteiger partial charge in [0.1, 0.15) is 12.3 Å². The molecule has 0 aliphatic heterocycles. The molecule has 0 fully saturated rings. The number of rotatable bonds is 7. The first-order chi connectivity index (χ1) is 11.8. The van der Waals surface area contributed by atoms with Gasteiger partial charge >= 0.3 is 5.97 Å². The molecule has 0 amide bonds. The molecule has 0 saturated carbocycles. The first-order valence-electron chi connectivity index (χ1n) is 7.72. The Morgan fingerprint density at radius 3 is 2.36 bits per heavy atom. The van der Waals surface area contributed by atoms with E-state index < -0.39 is 22.5 Å². The summed E-state index contributed by atoms with van der Waals surface area (Å²) in [6.07, 6.45) is 0.800. The monoisotopic (exact) mass is 361 g/mol. The zero-order valence-corrected chi connectivity index (χ0v) is 14.8. The van der Waals surface area contributed by atoms with Crippen LogP contribution in [0, 0.1) is 0 Å². The van der Waals surface area contributed by atoms with Crippen molar-refractivity contribution in [3.8, 4) is 5.75 Å². The maximum atomic E-state index is 12.2. The van der Waals surface area contributed by atoms with E-state index in [-0.39, 0.29) is 10.7 Å². The van der Waals surface area contributed by atoms with Crippen molar-refractivity contribution in [1.82, 2.24) is 4.72 Å². The normalized spacial score (nSPS) is 11.1. The predicted molar refractivity (Wildman–Crippen MR) is 93.1 cm³/mol. The largest absolute Gasteiger partial charge is 0.426 e. The van der Waals surface area contributed by atoms with Crippen molar-refractivity contribution in [3.63, 3.8) is 0 Å². The molecule has 0 aliphatic carbocycles. The van der Waals surface area contributed by atoms with Crippen LogP contribution in [0.5, 0.6) is 5.75 Å². The van der Waals surface area contributed by atoms with Gasteiger partial charge in [-0.1, -0.05) is 31.2 Å². The predicted octanol–water partition coefficient (Wildman–Crippen LogP) is 2.34. The number of nitrogens with one attached hydrogen (secondary N) is 1. The minimum atomic E-state index is -3.87. The molecule has 0 saturated heterocycles. The van der Waals surface area contributed by atoms with Crippen molar-refractivity contribution in [2.24, 2.45) is 0 Å². The quantitative estimate of drug-likeness (QED) is 0.464. The SMILES string of the molecule is CCc1cccc(OC(=O)CNS(=O)(=O)c2ccc(C(C)=O)cc2)c1. The molecule has 2 rings (SSSR count). The van der Waals surface area contributed by atoms with Gasteiger partial charge in [0.15, 0.2) is 5.78 Å². The van der Waals surface area contributed by atoms with Crippen molar-refractivity contribution in [2.75, 3.05) is 6.54 Å². The summed E-state index contributed by atoms with van der Waals surface area (Å²) in [7, 11) is -3.87. The zero-order chi connectivity index (χ0) is 18.4. The number of hydrogen-bond acceptors (Lipinski definition) is 5. The highest BCUT2D eigenvalue weighted by atomic mass is 32.2. The fourth-order valence-corrected chi connectivity index (χ4v) is 3.07. The van der Waals surface area contributed by atoms with Crippen LogP contribution in [0.25, 0.3) is 0 Å². The van der Waals surface area contributed by atoms with Gasteiger partial charge in [0.05, 0.1) is 4.90 Å². The molecule has 0 aromatic heterocycles. The van der Waals surface area contributed by atoms with Gasteiger partial charge < -0.3 is 4.74 Å². The van der Waals surface area contributed by atoms with Gasteiger partial charge in [-0.3, -0.25) is 9.59 Å². The summed E-state index contributed by atoms with van der Waals surface area (Å²) in [5, 5.41) is 0. The van der Waals surface area contributed by atoms with Crippen LogP contribution in [-0.4, -0.2) is 26.7 Å². The molecule has 0 spiro atoms. The number of carbonyl (C=O) groups excluding carboxylic acids is 2. The van der Waals surface area contributed by atoms with Gasteiger partial charge in [-0.25, -0.2) is 8.42 Å². The Balaban J connectivity index is 1.98. The molecule has 25 heavy (non-hydrogen) atoms. The molecule has 7 heteroatoms. The van der Waals surface area contributed by atoms with Crippen LogP contribution >= 0.6 is 0 Å². The molecule has 0 heterocycles. The van der Waals surface area contributed by atoms with E-state index >= 15 is 0 Å². The number of ether oxygens (including phenoxy) is 1. The average Bonchev–Trinajstić information content (AvgIpc) is 2.60. The molecule has 0 bridgehead atoms. The minimum absolute atomic E-state index is 0.0294. The molecule has 0 unspecified atom stereocenters. The van der Waals surface area contributed by atoms with E-state index in [2.05, 4.69) is 4.72 Å². The summed E-state index contributed by atoms with van der Waals surface area (Å²) in [6.45, 7) is 2.88. The molecule has 2 aromatic rings. The molecule has 0 atom stereocenters. The Hall–Kier alpha value is -2.51.